The van der Waals surface area contributed by atoms with E-state index in [0.717, 1.165) is 5.56 Å². The summed E-state index contributed by atoms with van der Waals surface area (Å²) in [5, 5.41) is 12.4. The van der Waals surface area contributed by atoms with Gasteiger partial charge in [-0.15, -0.1) is 0 Å². The first-order valence-corrected chi connectivity index (χ1v) is 4.80. The van der Waals surface area contributed by atoms with Gasteiger partial charge >= 0.3 is 0 Å². The second kappa shape index (κ2) is 3.76. The van der Waals surface area contributed by atoms with Crippen molar-refractivity contribution < 1.29 is 9.90 Å². The SMILES string of the molecule is O=C1NCC[C@@]1(O)C#Cc1ccccc1. The first kappa shape index (κ1) is 9.75. The quantitative estimate of drug-likeness (QED) is 0.593. The highest BCUT2D eigenvalue weighted by atomic mass is 16.3. The molecule has 3 nitrogen and oxygen atoms in total. The van der Waals surface area contributed by atoms with Crippen LogP contribution in [0.25, 0.3) is 0 Å². The maximum absolute atomic E-state index is 11.3. The van der Waals surface area contributed by atoms with Crippen LogP contribution in [0.5, 0.6) is 0 Å². The van der Waals surface area contributed by atoms with E-state index < -0.39 is 11.5 Å². The molecule has 0 bridgehead atoms. The van der Waals surface area contributed by atoms with Gasteiger partial charge in [-0.25, -0.2) is 0 Å². The molecule has 2 rings (SSSR count). The van der Waals surface area contributed by atoms with E-state index in [4.69, 9.17) is 0 Å². The zero-order valence-corrected chi connectivity index (χ0v) is 8.16. The molecule has 3 heteroatoms. The number of hydrogen-bond acceptors (Lipinski definition) is 2. The summed E-state index contributed by atoms with van der Waals surface area (Å²) in [7, 11) is 0. The fourth-order valence-corrected chi connectivity index (χ4v) is 1.43. The molecule has 1 heterocycles. The van der Waals surface area contributed by atoms with E-state index in [-0.39, 0.29) is 0 Å². The van der Waals surface area contributed by atoms with E-state index in [9.17, 15) is 9.90 Å². The Kier molecular flexibility index (Phi) is 2.44. The van der Waals surface area contributed by atoms with E-state index in [1.165, 1.54) is 0 Å². The van der Waals surface area contributed by atoms with Gasteiger partial charge in [0.1, 0.15) is 0 Å². The van der Waals surface area contributed by atoms with Crippen LogP contribution in [-0.2, 0) is 4.79 Å². The highest BCUT2D eigenvalue weighted by Gasteiger charge is 2.38. The summed E-state index contributed by atoms with van der Waals surface area (Å²) >= 11 is 0. The summed E-state index contributed by atoms with van der Waals surface area (Å²) in [6, 6.07) is 9.29. The lowest BCUT2D eigenvalue weighted by molar-refractivity contribution is -0.130. The van der Waals surface area contributed by atoms with Gasteiger partial charge in [-0.2, -0.15) is 0 Å². The monoisotopic (exact) mass is 201 g/mol. The molecule has 76 valence electrons. The molecule has 0 aliphatic carbocycles. The highest BCUT2D eigenvalue weighted by Crippen LogP contribution is 2.14. The predicted octanol–water partition coefficient (Wildman–Crippen LogP) is 0.289. The molecule has 0 radical (unpaired) electrons. The summed E-state index contributed by atoms with van der Waals surface area (Å²) in [6.07, 6.45) is 0.353. The Morgan fingerprint density at radius 1 is 1.33 bits per heavy atom. The molecule has 0 aromatic heterocycles. The molecule has 1 aromatic carbocycles. The molecule has 15 heavy (non-hydrogen) atoms. The van der Waals surface area contributed by atoms with Crippen LogP contribution < -0.4 is 5.32 Å². The van der Waals surface area contributed by atoms with Crippen LogP contribution in [0.3, 0.4) is 0 Å². The third kappa shape index (κ3) is 2.00. The van der Waals surface area contributed by atoms with Crippen LogP contribution in [0.15, 0.2) is 30.3 Å². The van der Waals surface area contributed by atoms with E-state index >= 15 is 0 Å². The lowest BCUT2D eigenvalue weighted by Gasteiger charge is -2.09. The highest BCUT2D eigenvalue weighted by molar-refractivity contribution is 5.90. The van der Waals surface area contributed by atoms with Crippen molar-refractivity contribution in [1.29, 1.82) is 0 Å². The summed E-state index contributed by atoms with van der Waals surface area (Å²) in [4.78, 5) is 11.3. The Balaban J connectivity index is 2.22. The Morgan fingerprint density at radius 3 is 2.67 bits per heavy atom. The zero-order chi connectivity index (χ0) is 10.7. The molecule has 0 saturated carbocycles. The van der Waals surface area contributed by atoms with Gasteiger partial charge in [-0.3, -0.25) is 4.79 Å². The Labute approximate surface area is 88.1 Å². The minimum absolute atomic E-state index is 0.353. The van der Waals surface area contributed by atoms with Gasteiger partial charge in [-0.05, 0) is 12.1 Å². The second-order valence-electron chi connectivity index (χ2n) is 3.48. The first-order valence-electron chi connectivity index (χ1n) is 4.80. The smallest absolute Gasteiger partial charge is 0.264 e. The summed E-state index contributed by atoms with van der Waals surface area (Å²) in [5.74, 6) is 5.02. The van der Waals surface area contributed by atoms with Crippen molar-refractivity contribution in [2.24, 2.45) is 0 Å². The van der Waals surface area contributed by atoms with Crippen LogP contribution in [0.1, 0.15) is 12.0 Å². The Hall–Kier alpha value is -1.79. The average Bonchev–Trinajstić information content (AvgIpc) is 2.59. The lowest BCUT2D eigenvalue weighted by atomic mass is 10.0. The van der Waals surface area contributed by atoms with Crippen LogP contribution in [0.2, 0.25) is 0 Å². The Morgan fingerprint density at radius 2 is 2.07 bits per heavy atom. The van der Waals surface area contributed by atoms with Gasteiger partial charge in [0.25, 0.3) is 5.91 Å². The van der Waals surface area contributed by atoms with E-state index in [0.29, 0.717) is 13.0 Å². The molecular weight excluding hydrogens is 190 g/mol. The largest absolute Gasteiger partial charge is 0.369 e. The number of carbonyl (C=O) groups excluding carboxylic acids is 1. The number of benzene rings is 1. The molecular formula is C12H11NO2. The third-order valence-electron chi connectivity index (χ3n) is 2.34. The van der Waals surface area contributed by atoms with Gasteiger partial charge in [0.15, 0.2) is 0 Å². The van der Waals surface area contributed by atoms with Gasteiger partial charge < -0.3 is 10.4 Å². The van der Waals surface area contributed by atoms with Crippen molar-refractivity contribution >= 4 is 5.91 Å². The van der Waals surface area contributed by atoms with Crippen molar-refractivity contribution in [1.82, 2.24) is 5.32 Å². The van der Waals surface area contributed by atoms with Crippen LogP contribution in [0, 0.1) is 11.8 Å². The number of aliphatic hydroxyl groups is 1. The molecule has 1 aliphatic rings. The molecule has 1 saturated heterocycles. The summed E-state index contributed by atoms with van der Waals surface area (Å²) in [6.45, 7) is 0.485. The second-order valence-corrected chi connectivity index (χ2v) is 3.48. The fraction of sp³-hybridized carbons (Fsp3) is 0.250. The molecule has 1 amide bonds. The van der Waals surface area contributed by atoms with Crippen molar-refractivity contribution in [3.05, 3.63) is 35.9 Å². The van der Waals surface area contributed by atoms with Crippen molar-refractivity contribution in [2.75, 3.05) is 6.54 Å². The predicted molar refractivity (Wildman–Crippen MR) is 55.9 cm³/mol. The topological polar surface area (TPSA) is 49.3 Å². The van der Waals surface area contributed by atoms with Crippen LogP contribution >= 0.6 is 0 Å². The van der Waals surface area contributed by atoms with Gasteiger partial charge in [0.05, 0.1) is 0 Å². The van der Waals surface area contributed by atoms with Crippen molar-refractivity contribution in [3.8, 4) is 11.8 Å². The standard InChI is InChI=1S/C12H11NO2/c14-11-12(15,8-9-13-11)7-6-10-4-2-1-3-5-10/h1-5,15H,8-9H2,(H,13,14)/t12-/m0/s1. The Bertz CT molecular complexity index is 430. The maximum atomic E-state index is 11.3. The molecule has 0 spiro atoms. The molecule has 1 fully saturated rings. The lowest BCUT2D eigenvalue weighted by Crippen LogP contribution is -2.36. The zero-order valence-electron chi connectivity index (χ0n) is 8.16. The minimum atomic E-state index is -1.50. The third-order valence-corrected chi connectivity index (χ3v) is 2.34. The number of amides is 1. The van der Waals surface area contributed by atoms with E-state index in [1.54, 1.807) is 0 Å². The molecule has 1 atom stereocenters. The number of carbonyl (C=O) groups is 1. The fourth-order valence-electron chi connectivity index (χ4n) is 1.43. The first-order chi connectivity index (χ1) is 7.21. The van der Waals surface area contributed by atoms with E-state index in [1.807, 2.05) is 30.3 Å². The normalized spacial score (nSPS) is 24.2. The number of rotatable bonds is 0. The number of hydrogen-bond donors (Lipinski definition) is 2. The molecule has 1 aliphatic heterocycles. The van der Waals surface area contributed by atoms with Crippen molar-refractivity contribution in [2.45, 2.75) is 12.0 Å². The van der Waals surface area contributed by atoms with Crippen molar-refractivity contribution in [3.63, 3.8) is 0 Å². The molecule has 0 unspecified atom stereocenters. The van der Waals surface area contributed by atoms with Gasteiger partial charge in [0.2, 0.25) is 5.60 Å². The maximum Gasteiger partial charge on any atom is 0.264 e. The molecule has 1 aromatic rings. The van der Waals surface area contributed by atoms with Gasteiger partial charge in [0, 0.05) is 18.5 Å². The average molecular weight is 201 g/mol. The van der Waals surface area contributed by atoms with E-state index in [2.05, 4.69) is 17.2 Å². The minimum Gasteiger partial charge on any atom is -0.369 e. The van der Waals surface area contributed by atoms with Crippen LogP contribution in [-0.4, -0.2) is 23.2 Å². The summed E-state index contributed by atoms with van der Waals surface area (Å²) in [5.41, 5.74) is -0.707. The van der Waals surface area contributed by atoms with Crippen LogP contribution in [0.4, 0.5) is 0 Å². The van der Waals surface area contributed by atoms with Gasteiger partial charge in [-0.1, -0.05) is 30.0 Å². The number of nitrogens with one attached hydrogen (secondary N) is 1. The summed E-state index contributed by atoms with van der Waals surface area (Å²) < 4.78 is 0. The molecule has 2 N–H and O–H groups in total.